The van der Waals surface area contributed by atoms with Gasteiger partial charge in [-0.25, -0.2) is 4.98 Å². The summed E-state index contributed by atoms with van der Waals surface area (Å²) in [5.74, 6) is -0.978. The number of hydrogen-bond acceptors (Lipinski definition) is 5. The smallest absolute Gasteiger partial charge is 0.320 e. The molecule has 7 heteroatoms. The van der Waals surface area contributed by atoms with E-state index in [2.05, 4.69) is 15.6 Å². The minimum Gasteiger partial charge on any atom is -0.480 e. The molecular formula is C12H19N3O3S. The molecule has 1 rings (SSSR count). The first-order valence-corrected chi connectivity index (χ1v) is 6.94. The molecule has 0 saturated carbocycles. The van der Waals surface area contributed by atoms with E-state index in [1.54, 1.807) is 0 Å². The van der Waals surface area contributed by atoms with Gasteiger partial charge in [-0.2, -0.15) is 0 Å². The van der Waals surface area contributed by atoms with E-state index in [0.29, 0.717) is 11.6 Å². The Morgan fingerprint density at radius 3 is 2.63 bits per heavy atom. The van der Waals surface area contributed by atoms with Crippen LogP contribution in [0.5, 0.6) is 0 Å². The molecule has 0 aliphatic heterocycles. The van der Waals surface area contributed by atoms with Gasteiger partial charge in [0.2, 0.25) is 5.91 Å². The lowest BCUT2D eigenvalue weighted by molar-refractivity contribution is -0.139. The molecule has 0 radical (unpaired) electrons. The maximum absolute atomic E-state index is 11.6. The molecule has 0 fully saturated rings. The summed E-state index contributed by atoms with van der Waals surface area (Å²) in [6, 6.07) is -0.705. The lowest BCUT2D eigenvalue weighted by Gasteiger charge is -2.15. The van der Waals surface area contributed by atoms with Crippen molar-refractivity contribution in [2.24, 2.45) is 5.92 Å². The second-order valence-electron chi connectivity index (χ2n) is 4.74. The van der Waals surface area contributed by atoms with E-state index in [-0.39, 0.29) is 18.4 Å². The Labute approximate surface area is 116 Å². The van der Waals surface area contributed by atoms with Crippen molar-refractivity contribution in [3.05, 3.63) is 11.1 Å². The van der Waals surface area contributed by atoms with Crippen LogP contribution in [0.15, 0.2) is 5.38 Å². The molecule has 1 heterocycles. The highest BCUT2D eigenvalue weighted by atomic mass is 32.1. The van der Waals surface area contributed by atoms with E-state index in [4.69, 9.17) is 5.11 Å². The summed E-state index contributed by atoms with van der Waals surface area (Å²) in [4.78, 5) is 26.7. The molecule has 1 amide bonds. The van der Waals surface area contributed by atoms with Crippen LogP contribution in [-0.2, 0) is 9.59 Å². The first-order valence-electron chi connectivity index (χ1n) is 6.06. The summed E-state index contributed by atoms with van der Waals surface area (Å²) in [5.41, 5.74) is 0.844. The number of aliphatic carboxylic acids is 1. The monoisotopic (exact) mass is 285 g/mol. The molecule has 19 heavy (non-hydrogen) atoms. The fourth-order valence-electron chi connectivity index (χ4n) is 1.53. The highest BCUT2D eigenvalue weighted by molar-refractivity contribution is 7.13. The molecule has 0 saturated heterocycles. The van der Waals surface area contributed by atoms with Gasteiger partial charge in [-0.15, -0.1) is 11.3 Å². The van der Waals surface area contributed by atoms with Crippen molar-refractivity contribution < 1.29 is 14.7 Å². The van der Waals surface area contributed by atoms with Crippen LogP contribution in [-0.4, -0.2) is 34.6 Å². The van der Waals surface area contributed by atoms with Crippen LogP contribution in [0.3, 0.4) is 0 Å². The molecule has 1 unspecified atom stereocenters. The maximum Gasteiger partial charge on any atom is 0.320 e. The van der Waals surface area contributed by atoms with E-state index in [1.165, 1.54) is 11.3 Å². The number of carbonyl (C=O) groups is 2. The highest BCUT2D eigenvalue weighted by Gasteiger charge is 2.19. The number of nitrogens with zero attached hydrogens (tertiary/aromatic N) is 1. The number of anilines is 1. The number of nitrogens with one attached hydrogen (secondary N) is 2. The van der Waals surface area contributed by atoms with Gasteiger partial charge in [0, 0.05) is 5.38 Å². The van der Waals surface area contributed by atoms with Crippen molar-refractivity contribution in [2.75, 3.05) is 11.9 Å². The minimum atomic E-state index is -0.938. The number of aryl methyl sites for hydroxylation is 1. The van der Waals surface area contributed by atoms with Crippen LogP contribution in [0.4, 0.5) is 5.13 Å². The van der Waals surface area contributed by atoms with Gasteiger partial charge < -0.3 is 10.4 Å². The number of thiazole rings is 1. The van der Waals surface area contributed by atoms with Crippen molar-refractivity contribution in [1.29, 1.82) is 0 Å². The molecule has 6 nitrogen and oxygen atoms in total. The number of carbonyl (C=O) groups excluding carboxylic acids is 1. The van der Waals surface area contributed by atoms with Gasteiger partial charge in [0.1, 0.15) is 6.04 Å². The zero-order chi connectivity index (χ0) is 14.4. The van der Waals surface area contributed by atoms with E-state index in [1.807, 2.05) is 26.2 Å². The molecule has 1 aromatic heterocycles. The van der Waals surface area contributed by atoms with Crippen molar-refractivity contribution in [2.45, 2.75) is 33.2 Å². The molecule has 0 aliphatic carbocycles. The third-order valence-corrected chi connectivity index (χ3v) is 3.26. The average molecular weight is 285 g/mol. The summed E-state index contributed by atoms with van der Waals surface area (Å²) in [6.45, 7) is 5.68. The van der Waals surface area contributed by atoms with Crippen LogP contribution in [0.1, 0.15) is 26.0 Å². The van der Waals surface area contributed by atoms with E-state index in [0.717, 1.165) is 5.69 Å². The predicted octanol–water partition coefficient (Wildman–Crippen LogP) is 1.48. The first-order chi connectivity index (χ1) is 8.88. The normalized spacial score (nSPS) is 12.4. The molecule has 0 aliphatic rings. The summed E-state index contributed by atoms with van der Waals surface area (Å²) in [5, 5.41) is 16.8. The Balaban J connectivity index is 2.41. The fraction of sp³-hybridized carbons (Fsp3) is 0.583. The summed E-state index contributed by atoms with van der Waals surface area (Å²) in [6.07, 6.45) is 0.485. The number of rotatable bonds is 7. The summed E-state index contributed by atoms with van der Waals surface area (Å²) in [7, 11) is 0. The lowest BCUT2D eigenvalue weighted by Crippen LogP contribution is -2.42. The van der Waals surface area contributed by atoms with Crippen molar-refractivity contribution in [1.82, 2.24) is 10.3 Å². The zero-order valence-electron chi connectivity index (χ0n) is 11.3. The van der Waals surface area contributed by atoms with Gasteiger partial charge in [-0.1, -0.05) is 13.8 Å². The molecule has 0 bridgehead atoms. The number of aromatic nitrogens is 1. The Morgan fingerprint density at radius 2 is 2.16 bits per heavy atom. The Bertz CT molecular complexity index is 445. The standard InChI is InChI=1S/C12H19N3O3S/c1-7(2)4-9(11(17)18)13-5-10(16)15-12-14-8(3)6-19-12/h6-7,9,13H,4-5H2,1-3H3,(H,17,18)(H,14,15,16). The van der Waals surface area contributed by atoms with Gasteiger partial charge >= 0.3 is 5.97 Å². The van der Waals surface area contributed by atoms with Crippen LogP contribution >= 0.6 is 11.3 Å². The Morgan fingerprint density at radius 1 is 1.47 bits per heavy atom. The number of amides is 1. The Hall–Kier alpha value is -1.47. The van der Waals surface area contributed by atoms with Gasteiger partial charge in [-0.05, 0) is 19.3 Å². The van der Waals surface area contributed by atoms with Crippen LogP contribution < -0.4 is 10.6 Å². The minimum absolute atomic E-state index is 0.0394. The van der Waals surface area contributed by atoms with Crippen LogP contribution in [0.25, 0.3) is 0 Å². The van der Waals surface area contributed by atoms with Crippen LogP contribution in [0.2, 0.25) is 0 Å². The SMILES string of the molecule is Cc1csc(NC(=O)CNC(CC(C)C)C(=O)O)n1. The zero-order valence-corrected chi connectivity index (χ0v) is 12.1. The van der Waals surface area contributed by atoms with Crippen LogP contribution in [0, 0.1) is 12.8 Å². The second-order valence-corrected chi connectivity index (χ2v) is 5.60. The molecule has 0 aromatic carbocycles. The van der Waals surface area contributed by atoms with Gasteiger partial charge in [0.05, 0.1) is 12.2 Å². The molecule has 1 atom stereocenters. The van der Waals surface area contributed by atoms with E-state index in [9.17, 15) is 9.59 Å². The van der Waals surface area contributed by atoms with Crippen molar-refractivity contribution in [3.8, 4) is 0 Å². The molecule has 3 N–H and O–H groups in total. The summed E-state index contributed by atoms with van der Waals surface area (Å²) < 4.78 is 0. The van der Waals surface area contributed by atoms with Crippen molar-refractivity contribution >= 4 is 28.3 Å². The molecule has 106 valence electrons. The second kappa shape index (κ2) is 7.20. The van der Waals surface area contributed by atoms with Crippen molar-refractivity contribution in [3.63, 3.8) is 0 Å². The largest absolute Gasteiger partial charge is 0.480 e. The summed E-state index contributed by atoms with van der Waals surface area (Å²) >= 11 is 1.34. The maximum atomic E-state index is 11.6. The highest BCUT2D eigenvalue weighted by Crippen LogP contribution is 2.13. The lowest BCUT2D eigenvalue weighted by atomic mass is 10.0. The quantitative estimate of drug-likeness (QED) is 0.706. The molecule has 1 aromatic rings. The fourth-order valence-corrected chi connectivity index (χ4v) is 2.24. The van der Waals surface area contributed by atoms with Gasteiger partial charge in [0.15, 0.2) is 5.13 Å². The van der Waals surface area contributed by atoms with E-state index >= 15 is 0 Å². The number of hydrogen-bond donors (Lipinski definition) is 3. The number of carboxylic acids is 1. The molecule has 0 spiro atoms. The molecular weight excluding hydrogens is 266 g/mol. The third kappa shape index (κ3) is 5.80. The first kappa shape index (κ1) is 15.6. The van der Waals surface area contributed by atoms with Gasteiger partial charge in [0.25, 0.3) is 0 Å². The Kier molecular flexibility index (Phi) is 5.91. The van der Waals surface area contributed by atoms with E-state index < -0.39 is 12.0 Å². The number of carboxylic acid groups (broad SMARTS) is 1. The predicted molar refractivity (Wildman–Crippen MR) is 74.4 cm³/mol. The van der Waals surface area contributed by atoms with Gasteiger partial charge in [-0.3, -0.25) is 14.9 Å². The third-order valence-electron chi connectivity index (χ3n) is 2.38. The average Bonchev–Trinajstić information content (AvgIpc) is 2.69. The topological polar surface area (TPSA) is 91.3 Å².